The van der Waals surface area contributed by atoms with E-state index in [1.807, 2.05) is 76.2 Å². The van der Waals surface area contributed by atoms with Crippen molar-refractivity contribution in [2.75, 3.05) is 7.11 Å². The molecule has 180 valence electrons. The molecular weight excluding hydrogens is 468 g/mol. The van der Waals surface area contributed by atoms with E-state index < -0.39 is 0 Å². The molecule has 1 saturated heterocycles. The third-order valence-corrected chi connectivity index (χ3v) is 6.30. The van der Waals surface area contributed by atoms with Gasteiger partial charge in [0.1, 0.15) is 6.61 Å². The predicted molar refractivity (Wildman–Crippen MR) is 143 cm³/mol. The number of hydrogen-bond donors (Lipinski definition) is 0. The number of nitrogens with zero attached hydrogens (tertiary/aromatic N) is 2. The van der Waals surface area contributed by atoms with E-state index in [9.17, 15) is 4.79 Å². The lowest BCUT2D eigenvalue weighted by molar-refractivity contribution is -0.123. The van der Waals surface area contributed by atoms with Crippen molar-refractivity contribution in [3.05, 3.63) is 75.7 Å². The summed E-state index contributed by atoms with van der Waals surface area (Å²) in [6, 6.07) is 11.6. The van der Waals surface area contributed by atoms with E-state index in [1.165, 1.54) is 11.8 Å². The number of carbonyl (C=O) groups is 1. The van der Waals surface area contributed by atoms with Gasteiger partial charge in [-0.15, -0.1) is 6.58 Å². The summed E-state index contributed by atoms with van der Waals surface area (Å²) in [7, 11) is 1.61. The zero-order valence-electron chi connectivity index (χ0n) is 20.3. The zero-order valence-corrected chi connectivity index (χ0v) is 21.9. The standard InChI is InChI=1S/C27H31ClN2O3S/c1-7-8-21-13-20(15-24-26(31)30(18(4)5)27(34-24)29-17(2)3)14-23(32-6)25(21)33-16-19-9-11-22(28)12-10-19/h7,9-15,17-18H,1,8,16H2,2-6H3/b24-15+,29-27?. The Balaban J connectivity index is 1.95. The van der Waals surface area contributed by atoms with Crippen molar-refractivity contribution in [1.29, 1.82) is 0 Å². The van der Waals surface area contributed by atoms with Crippen molar-refractivity contribution < 1.29 is 14.3 Å². The van der Waals surface area contributed by atoms with Gasteiger partial charge in [0.25, 0.3) is 5.91 Å². The Hall–Kier alpha value is -2.70. The Morgan fingerprint density at radius 3 is 2.47 bits per heavy atom. The van der Waals surface area contributed by atoms with Gasteiger partial charge in [-0.25, -0.2) is 0 Å². The minimum Gasteiger partial charge on any atom is -0.493 e. The van der Waals surface area contributed by atoms with Crippen molar-refractivity contribution in [1.82, 2.24) is 4.90 Å². The van der Waals surface area contributed by atoms with E-state index in [2.05, 4.69) is 11.6 Å². The van der Waals surface area contributed by atoms with Crippen LogP contribution in [-0.4, -0.2) is 35.2 Å². The van der Waals surface area contributed by atoms with Crippen molar-refractivity contribution in [2.24, 2.45) is 4.99 Å². The Labute approximate surface area is 211 Å². The van der Waals surface area contributed by atoms with Crippen LogP contribution in [0.5, 0.6) is 11.5 Å². The number of benzene rings is 2. The Kier molecular flexibility index (Phi) is 8.86. The number of ether oxygens (including phenoxy) is 2. The zero-order chi connectivity index (χ0) is 24.8. The molecule has 1 aliphatic rings. The van der Waals surface area contributed by atoms with Crippen LogP contribution in [0.4, 0.5) is 0 Å². The van der Waals surface area contributed by atoms with Crippen LogP contribution in [0.2, 0.25) is 5.02 Å². The minimum absolute atomic E-state index is 0.0258. The molecule has 0 radical (unpaired) electrons. The molecule has 2 aromatic carbocycles. The second kappa shape index (κ2) is 11.6. The fourth-order valence-electron chi connectivity index (χ4n) is 3.53. The first kappa shape index (κ1) is 25.9. The topological polar surface area (TPSA) is 51.1 Å². The van der Waals surface area contributed by atoms with Gasteiger partial charge in [-0.3, -0.25) is 14.7 Å². The van der Waals surface area contributed by atoms with Gasteiger partial charge in [0, 0.05) is 22.7 Å². The number of thioether (sulfide) groups is 1. The summed E-state index contributed by atoms with van der Waals surface area (Å²) in [5, 5.41) is 1.42. The third-order valence-electron chi connectivity index (χ3n) is 5.05. The number of aliphatic imine (C=N–C) groups is 1. The largest absolute Gasteiger partial charge is 0.493 e. The number of amidine groups is 1. The van der Waals surface area contributed by atoms with Crippen molar-refractivity contribution in [2.45, 2.75) is 52.8 Å². The molecule has 1 amide bonds. The number of allylic oxidation sites excluding steroid dienone is 1. The number of rotatable bonds is 9. The maximum Gasteiger partial charge on any atom is 0.266 e. The molecule has 7 heteroatoms. The first-order chi connectivity index (χ1) is 16.2. The molecule has 1 aliphatic heterocycles. The Morgan fingerprint density at radius 2 is 1.88 bits per heavy atom. The summed E-state index contributed by atoms with van der Waals surface area (Å²) < 4.78 is 11.8. The van der Waals surface area contributed by atoms with Crippen LogP contribution in [0, 0.1) is 0 Å². The summed E-state index contributed by atoms with van der Waals surface area (Å²) in [6.07, 6.45) is 4.32. The third kappa shape index (κ3) is 6.24. The number of methoxy groups -OCH3 is 1. The number of hydrogen-bond acceptors (Lipinski definition) is 5. The fourth-order valence-corrected chi connectivity index (χ4v) is 4.89. The first-order valence-corrected chi connectivity index (χ1v) is 12.4. The van der Waals surface area contributed by atoms with Crippen molar-refractivity contribution in [3.8, 4) is 11.5 Å². The average Bonchev–Trinajstić information content (AvgIpc) is 3.08. The van der Waals surface area contributed by atoms with Crippen LogP contribution in [0.3, 0.4) is 0 Å². The lowest BCUT2D eigenvalue weighted by atomic mass is 10.0. The molecule has 0 aromatic heterocycles. The van der Waals surface area contributed by atoms with Gasteiger partial charge in [0.05, 0.1) is 12.0 Å². The number of carbonyl (C=O) groups excluding carboxylic acids is 1. The van der Waals surface area contributed by atoms with Gasteiger partial charge in [0.2, 0.25) is 0 Å². The summed E-state index contributed by atoms with van der Waals surface area (Å²) >= 11 is 7.40. The van der Waals surface area contributed by atoms with Gasteiger partial charge in [-0.2, -0.15) is 0 Å². The molecule has 0 spiro atoms. The molecule has 3 rings (SSSR count). The number of amides is 1. The van der Waals surface area contributed by atoms with Gasteiger partial charge < -0.3 is 9.47 Å². The monoisotopic (exact) mass is 498 g/mol. The Bertz CT molecular complexity index is 1110. The van der Waals surface area contributed by atoms with E-state index in [0.29, 0.717) is 34.5 Å². The molecule has 0 aliphatic carbocycles. The molecule has 0 atom stereocenters. The highest BCUT2D eigenvalue weighted by Gasteiger charge is 2.35. The van der Waals surface area contributed by atoms with E-state index in [0.717, 1.165) is 21.9 Å². The first-order valence-electron chi connectivity index (χ1n) is 11.2. The lowest BCUT2D eigenvalue weighted by Crippen LogP contribution is -2.35. The van der Waals surface area contributed by atoms with E-state index in [4.69, 9.17) is 21.1 Å². The van der Waals surface area contributed by atoms with E-state index in [1.54, 1.807) is 12.0 Å². The molecular formula is C27H31ClN2O3S. The molecule has 34 heavy (non-hydrogen) atoms. The molecule has 0 unspecified atom stereocenters. The van der Waals surface area contributed by atoms with Crippen LogP contribution in [-0.2, 0) is 17.8 Å². The second-order valence-corrected chi connectivity index (χ2v) is 9.95. The predicted octanol–water partition coefficient (Wildman–Crippen LogP) is 6.75. The molecule has 0 N–H and O–H groups in total. The Morgan fingerprint density at radius 1 is 1.18 bits per heavy atom. The average molecular weight is 499 g/mol. The van der Waals surface area contributed by atoms with E-state index in [-0.39, 0.29) is 18.0 Å². The molecule has 0 saturated carbocycles. The summed E-state index contributed by atoms with van der Waals surface area (Å²) in [5.74, 6) is 1.23. The fraction of sp³-hybridized carbons (Fsp3) is 0.333. The normalized spacial score (nSPS) is 16.2. The maximum absolute atomic E-state index is 13.1. The van der Waals surface area contributed by atoms with Gasteiger partial charge >= 0.3 is 0 Å². The SMILES string of the molecule is C=CCc1cc(/C=C2/SC(=NC(C)C)N(C(C)C)C2=O)cc(OC)c1OCc1ccc(Cl)cc1. The lowest BCUT2D eigenvalue weighted by Gasteiger charge is -2.20. The number of halogens is 1. The van der Waals surface area contributed by atoms with Gasteiger partial charge in [-0.1, -0.05) is 29.8 Å². The highest BCUT2D eigenvalue weighted by atomic mass is 35.5. The van der Waals surface area contributed by atoms with Crippen LogP contribution in [0.1, 0.15) is 44.4 Å². The van der Waals surface area contributed by atoms with Crippen molar-refractivity contribution in [3.63, 3.8) is 0 Å². The summed E-state index contributed by atoms with van der Waals surface area (Å²) in [6.45, 7) is 12.3. The van der Waals surface area contributed by atoms with Crippen LogP contribution >= 0.6 is 23.4 Å². The summed E-state index contributed by atoms with van der Waals surface area (Å²) in [4.78, 5) is 20.2. The van der Waals surface area contributed by atoms with Crippen LogP contribution < -0.4 is 9.47 Å². The smallest absolute Gasteiger partial charge is 0.266 e. The van der Waals surface area contributed by atoms with Crippen LogP contribution in [0.15, 0.2) is 59.0 Å². The van der Waals surface area contributed by atoms with Gasteiger partial charge in [-0.05, 0) is 87.3 Å². The highest BCUT2D eigenvalue weighted by Crippen LogP contribution is 2.38. The second-order valence-electron chi connectivity index (χ2n) is 8.50. The van der Waals surface area contributed by atoms with Crippen molar-refractivity contribution >= 4 is 40.5 Å². The molecule has 1 fully saturated rings. The summed E-state index contributed by atoms with van der Waals surface area (Å²) in [5.41, 5.74) is 2.79. The molecule has 1 heterocycles. The molecule has 2 aromatic rings. The maximum atomic E-state index is 13.1. The van der Waals surface area contributed by atoms with Crippen LogP contribution in [0.25, 0.3) is 6.08 Å². The minimum atomic E-state index is -0.0355. The quantitative estimate of drug-likeness (QED) is 0.283. The highest BCUT2D eigenvalue weighted by molar-refractivity contribution is 8.18. The molecule has 5 nitrogen and oxygen atoms in total. The van der Waals surface area contributed by atoms with E-state index >= 15 is 0 Å². The molecule has 0 bridgehead atoms. The van der Waals surface area contributed by atoms with Gasteiger partial charge in [0.15, 0.2) is 16.7 Å².